The predicted molar refractivity (Wildman–Crippen MR) is 91.9 cm³/mol. The van der Waals surface area contributed by atoms with Crippen molar-refractivity contribution in [3.63, 3.8) is 0 Å². The maximum atomic E-state index is 12.5. The molecule has 3 atom stereocenters. The smallest absolute Gasteiger partial charge is 0.317 e. The van der Waals surface area contributed by atoms with Crippen molar-refractivity contribution in [3.8, 4) is 5.69 Å². The molecule has 0 radical (unpaired) electrons. The van der Waals surface area contributed by atoms with Crippen molar-refractivity contribution >= 4 is 6.03 Å². The first kappa shape index (κ1) is 16.5. The van der Waals surface area contributed by atoms with Gasteiger partial charge in [-0.1, -0.05) is 25.1 Å². The summed E-state index contributed by atoms with van der Waals surface area (Å²) in [6.07, 6.45) is 4.00. The number of aliphatic hydroxyl groups excluding tert-OH is 1. The van der Waals surface area contributed by atoms with Gasteiger partial charge in [0.15, 0.2) is 0 Å². The number of hydrogen-bond acceptors (Lipinski definition) is 3. The normalized spacial score (nSPS) is 22.2. The largest absolute Gasteiger partial charge is 0.391 e. The Morgan fingerprint density at radius 3 is 2.88 bits per heavy atom. The van der Waals surface area contributed by atoms with Gasteiger partial charge in [-0.25, -0.2) is 9.48 Å². The van der Waals surface area contributed by atoms with E-state index in [1.807, 2.05) is 50.4 Å². The van der Waals surface area contributed by atoms with Crippen LogP contribution in [0, 0.1) is 5.92 Å². The van der Waals surface area contributed by atoms with Gasteiger partial charge in [-0.05, 0) is 37.0 Å². The highest BCUT2D eigenvalue weighted by atomic mass is 16.3. The number of carbonyl (C=O) groups excluding carboxylic acids is 1. The van der Waals surface area contributed by atoms with E-state index in [4.69, 9.17) is 0 Å². The number of likely N-dealkylation sites (tertiary alicyclic amines) is 1. The Morgan fingerprint density at radius 1 is 1.38 bits per heavy atom. The van der Waals surface area contributed by atoms with Crippen molar-refractivity contribution < 1.29 is 9.90 Å². The van der Waals surface area contributed by atoms with Crippen LogP contribution < -0.4 is 5.32 Å². The molecule has 3 unspecified atom stereocenters. The molecule has 2 N–H and O–H groups in total. The van der Waals surface area contributed by atoms with Crippen LogP contribution in [-0.2, 0) is 0 Å². The molecule has 6 heteroatoms. The standard InChI is InChI=1S/C18H24N4O2/c1-13-8-11-21(12-17(13)23)18(24)20-14(2)15-6-3-4-7-16(15)22-10-5-9-19-22/h3-7,9-10,13-14,17,23H,8,11-12H2,1-2H3,(H,20,24). The summed E-state index contributed by atoms with van der Waals surface area (Å²) in [5.41, 5.74) is 1.95. The van der Waals surface area contributed by atoms with Crippen LogP contribution in [0.5, 0.6) is 0 Å². The zero-order valence-corrected chi connectivity index (χ0v) is 14.1. The molecule has 2 amide bonds. The zero-order valence-electron chi connectivity index (χ0n) is 14.1. The Labute approximate surface area is 142 Å². The number of nitrogens with one attached hydrogen (secondary N) is 1. The molecule has 1 aliphatic rings. The average molecular weight is 328 g/mol. The summed E-state index contributed by atoms with van der Waals surface area (Å²) in [5.74, 6) is 0.243. The molecule has 0 aliphatic carbocycles. The summed E-state index contributed by atoms with van der Waals surface area (Å²) in [5, 5.41) is 17.3. The molecule has 0 spiro atoms. The van der Waals surface area contributed by atoms with Crippen molar-refractivity contribution in [3.05, 3.63) is 48.3 Å². The molecule has 0 saturated carbocycles. The van der Waals surface area contributed by atoms with Gasteiger partial charge in [0.25, 0.3) is 0 Å². The number of carbonyl (C=O) groups is 1. The number of hydrogen-bond donors (Lipinski definition) is 2. The molecule has 1 fully saturated rings. The molecule has 1 aromatic heterocycles. The number of urea groups is 1. The second kappa shape index (κ2) is 7.05. The first-order valence-electron chi connectivity index (χ1n) is 8.38. The second-order valence-electron chi connectivity index (χ2n) is 6.46. The van der Waals surface area contributed by atoms with Crippen molar-refractivity contribution in [2.75, 3.05) is 13.1 Å². The predicted octanol–water partition coefficient (Wildman–Crippen LogP) is 2.35. The number of amides is 2. The van der Waals surface area contributed by atoms with E-state index < -0.39 is 6.10 Å². The van der Waals surface area contributed by atoms with Crippen LogP contribution >= 0.6 is 0 Å². The maximum absolute atomic E-state index is 12.5. The summed E-state index contributed by atoms with van der Waals surface area (Å²) in [6, 6.07) is 9.47. The van der Waals surface area contributed by atoms with Gasteiger partial charge in [-0.3, -0.25) is 0 Å². The topological polar surface area (TPSA) is 70.4 Å². The number of rotatable bonds is 3. The fourth-order valence-electron chi connectivity index (χ4n) is 3.06. The number of aromatic nitrogens is 2. The van der Waals surface area contributed by atoms with Gasteiger partial charge >= 0.3 is 6.03 Å². The Morgan fingerprint density at radius 2 is 2.17 bits per heavy atom. The van der Waals surface area contributed by atoms with Gasteiger partial charge in [0, 0.05) is 25.5 Å². The first-order chi connectivity index (χ1) is 11.6. The van der Waals surface area contributed by atoms with Crippen LogP contribution in [-0.4, -0.2) is 45.0 Å². The van der Waals surface area contributed by atoms with Crippen LogP contribution in [0.15, 0.2) is 42.7 Å². The van der Waals surface area contributed by atoms with E-state index in [1.165, 1.54) is 0 Å². The minimum Gasteiger partial charge on any atom is -0.391 e. The second-order valence-corrected chi connectivity index (χ2v) is 6.46. The summed E-state index contributed by atoms with van der Waals surface area (Å²) in [4.78, 5) is 14.2. The van der Waals surface area contributed by atoms with Crippen LogP contribution in [0.2, 0.25) is 0 Å². The van der Waals surface area contributed by atoms with Gasteiger partial charge in [-0.2, -0.15) is 5.10 Å². The molecular weight excluding hydrogens is 304 g/mol. The SMILES string of the molecule is CC(NC(=O)N1CCC(C)C(O)C1)c1ccccc1-n1cccn1. The maximum Gasteiger partial charge on any atom is 0.317 e. The van der Waals surface area contributed by atoms with E-state index in [9.17, 15) is 9.90 Å². The molecule has 2 heterocycles. The van der Waals surface area contributed by atoms with E-state index in [0.717, 1.165) is 17.7 Å². The number of benzene rings is 1. The minimum absolute atomic E-state index is 0.135. The molecule has 1 saturated heterocycles. The molecule has 6 nitrogen and oxygen atoms in total. The third kappa shape index (κ3) is 3.43. The molecule has 3 rings (SSSR count). The van der Waals surface area contributed by atoms with E-state index in [2.05, 4.69) is 10.4 Å². The summed E-state index contributed by atoms with van der Waals surface area (Å²) in [6.45, 7) is 5.05. The van der Waals surface area contributed by atoms with Crippen LogP contribution in [0.1, 0.15) is 31.9 Å². The molecule has 1 aliphatic heterocycles. The molecule has 128 valence electrons. The lowest BCUT2D eigenvalue weighted by molar-refractivity contribution is 0.0431. The fraction of sp³-hybridized carbons (Fsp3) is 0.444. The van der Waals surface area contributed by atoms with Crippen LogP contribution in [0.4, 0.5) is 4.79 Å². The van der Waals surface area contributed by atoms with E-state index in [0.29, 0.717) is 13.1 Å². The highest BCUT2D eigenvalue weighted by molar-refractivity contribution is 5.75. The van der Waals surface area contributed by atoms with Gasteiger partial charge in [0.1, 0.15) is 0 Å². The Balaban J connectivity index is 1.72. The number of nitrogens with zero attached hydrogens (tertiary/aromatic N) is 3. The fourth-order valence-corrected chi connectivity index (χ4v) is 3.06. The molecule has 0 bridgehead atoms. The number of piperidine rings is 1. The average Bonchev–Trinajstić information content (AvgIpc) is 3.11. The number of aliphatic hydroxyl groups is 1. The van der Waals surface area contributed by atoms with E-state index in [-0.39, 0.29) is 18.0 Å². The summed E-state index contributed by atoms with van der Waals surface area (Å²) >= 11 is 0. The third-order valence-corrected chi connectivity index (χ3v) is 4.70. The lowest BCUT2D eigenvalue weighted by atomic mass is 9.96. The molecular formula is C18H24N4O2. The van der Waals surface area contributed by atoms with Crippen molar-refractivity contribution in [2.45, 2.75) is 32.4 Å². The molecule has 1 aromatic carbocycles. The van der Waals surface area contributed by atoms with E-state index >= 15 is 0 Å². The Hall–Kier alpha value is -2.34. The summed E-state index contributed by atoms with van der Waals surface area (Å²) < 4.78 is 1.80. The Bertz CT molecular complexity index is 686. The molecule has 2 aromatic rings. The van der Waals surface area contributed by atoms with E-state index in [1.54, 1.807) is 15.8 Å². The summed E-state index contributed by atoms with van der Waals surface area (Å²) in [7, 11) is 0. The van der Waals surface area contributed by atoms with Crippen LogP contribution in [0.3, 0.4) is 0 Å². The quantitative estimate of drug-likeness (QED) is 0.908. The lowest BCUT2D eigenvalue weighted by Crippen LogP contribution is -2.50. The highest BCUT2D eigenvalue weighted by Gasteiger charge is 2.28. The first-order valence-corrected chi connectivity index (χ1v) is 8.38. The van der Waals surface area contributed by atoms with Gasteiger partial charge < -0.3 is 15.3 Å². The highest BCUT2D eigenvalue weighted by Crippen LogP contribution is 2.22. The van der Waals surface area contributed by atoms with Gasteiger partial charge in [0.05, 0.1) is 17.8 Å². The van der Waals surface area contributed by atoms with Crippen molar-refractivity contribution in [1.29, 1.82) is 0 Å². The van der Waals surface area contributed by atoms with Gasteiger partial charge in [-0.15, -0.1) is 0 Å². The van der Waals surface area contributed by atoms with Gasteiger partial charge in [0.2, 0.25) is 0 Å². The van der Waals surface area contributed by atoms with Crippen LogP contribution in [0.25, 0.3) is 5.69 Å². The number of β-amino-alcohol motifs (C(OH)–C–C–N with tert-alkyl or cyclic N) is 1. The molecule has 24 heavy (non-hydrogen) atoms. The van der Waals surface area contributed by atoms with Crippen molar-refractivity contribution in [2.24, 2.45) is 5.92 Å². The number of para-hydroxylation sites is 1. The zero-order chi connectivity index (χ0) is 17.1. The third-order valence-electron chi connectivity index (χ3n) is 4.70. The monoisotopic (exact) mass is 328 g/mol. The van der Waals surface area contributed by atoms with Crippen molar-refractivity contribution in [1.82, 2.24) is 20.0 Å². The Kier molecular flexibility index (Phi) is 4.85. The minimum atomic E-state index is -0.448. The lowest BCUT2D eigenvalue weighted by Gasteiger charge is -2.35.